The lowest BCUT2D eigenvalue weighted by molar-refractivity contribution is -0.154. The molecule has 3 rings (SSSR count). The maximum Gasteiger partial charge on any atom is 0.335 e. The van der Waals surface area contributed by atoms with Crippen molar-refractivity contribution in [2.45, 2.75) is 23.9 Å². The number of carbonyl (C=O) groups excluding carboxylic acids is 2. The van der Waals surface area contributed by atoms with E-state index < -0.39 is 17.0 Å². The van der Waals surface area contributed by atoms with Crippen LogP contribution in [-0.4, -0.2) is 40.5 Å². The van der Waals surface area contributed by atoms with Gasteiger partial charge in [-0.05, 0) is 25.0 Å². The molecule has 0 aliphatic carbocycles. The predicted octanol–water partition coefficient (Wildman–Crippen LogP) is 1.39. The van der Waals surface area contributed by atoms with E-state index in [1.54, 1.807) is 27.8 Å². The first-order valence-corrected chi connectivity index (χ1v) is 6.28. The molecular formula is C12H13ClN2O3. The van der Waals surface area contributed by atoms with Crippen LogP contribution in [0.15, 0.2) is 18.3 Å². The van der Waals surface area contributed by atoms with Crippen molar-refractivity contribution in [1.82, 2.24) is 9.47 Å². The molecule has 96 valence electrons. The number of methoxy groups -OCH3 is 1. The van der Waals surface area contributed by atoms with Gasteiger partial charge in [0, 0.05) is 12.7 Å². The van der Waals surface area contributed by atoms with E-state index in [4.69, 9.17) is 16.3 Å². The summed E-state index contributed by atoms with van der Waals surface area (Å²) >= 11 is 6.45. The van der Waals surface area contributed by atoms with E-state index in [1.165, 1.54) is 7.11 Å². The predicted molar refractivity (Wildman–Crippen MR) is 64.3 cm³/mol. The second kappa shape index (κ2) is 3.75. The highest BCUT2D eigenvalue weighted by atomic mass is 35.5. The third-order valence-electron chi connectivity index (χ3n) is 3.84. The molecular weight excluding hydrogens is 256 g/mol. The number of alkyl halides is 1. The lowest BCUT2D eigenvalue weighted by Crippen LogP contribution is -2.60. The van der Waals surface area contributed by atoms with Crippen LogP contribution in [0.3, 0.4) is 0 Å². The standard InChI is InChI=1S/C12H13ClN2O3/c1-18-11(17)12-5-3-7-15(12)9(16)8-4-2-6-14(8)10(12)13/h2,4,6,10H,3,5,7H2,1H3/t10-,12-/m0/s1. The molecule has 1 fully saturated rings. The molecule has 1 aromatic heterocycles. The van der Waals surface area contributed by atoms with Crippen LogP contribution in [0.2, 0.25) is 0 Å². The number of ether oxygens (including phenoxy) is 1. The van der Waals surface area contributed by atoms with Gasteiger partial charge in [-0.2, -0.15) is 0 Å². The Kier molecular flexibility index (Phi) is 2.41. The van der Waals surface area contributed by atoms with Gasteiger partial charge in [0.15, 0.2) is 5.54 Å². The lowest BCUT2D eigenvalue weighted by Gasteiger charge is -2.43. The number of hydrogen-bond acceptors (Lipinski definition) is 3. The largest absolute Gasteiger partial charge is 0.467 e. The van der Waals surface area contributed by atoms with Gasteiger partial charge in [0.1, 0.15) is 11.2 Å². The van der Waals surface area contributed by atoms with Crippen molar-refractivity contribution in [3.05, 3.63) is 24.0 Å². The van der Waals surface area contributed by atoms with Crippen molar-refractivity contribution >= 4 is 23.5 Å². The zero-order valence-electron chi connectivity index (χ0n) is 9.93. The summed E-state index contributed by atoms with van der Waals surface area (Å²) < 4.78 is 6.53. The molecule has 0 aromatic carbocycles. The number of amides is 1. The van der Waals surface area contributed by atoms with E-state index in [1.807, 2.05) is 0 Å². The quantitative estimate of drug-likeness (QED) is 0.571. The molecule has 1 saturated heterocycles. The summed E-state index contributed by atoms with van der Waals surface area (Å²) in [5, 5.41) is 0. The summed E-state index contributed by atoms with van der Waals surface area (Å²) in [7, 11) is 1.33. The molecule has 0 N–H and O–H groups in total. The third-order valence-corrected chi connectivity index (χ3v) is 4.41. The van der Waals surface area contributed by atoms with Gasteiger partial charge in [-0.15, -0.1) is 0 Å². The highest BCUT2D eigenvalue weighted by Crippen LogP contribution is 2.46. The summed E-state index contributed by atoms with van der Waals surface area (Å²) in [5.74, 6) is -0.590. The van der Waals surface area contributed by atoms with E-state index >= 15 is 0 Å². The maximum absolute atomic E-state index is 12.4. The van der Waals surface area contributed by atoms with E-state index in [2.05, 4.69) is 0 Å². The fourth-order valence-corrected chi connectivity index (χ4v) is 3.49. The molecule has 2 atom stereocenters. The molecule has 0 saturated carbocycles. The third kappa shape index (κ3) is 1.17. The molecule has 0 unspecified atom stereocenters. The highest BCUT2D eigenvalue weighted by Gasteiger charge is 2.59. The summed E-state index contributed by atoms with van der Waals surface area (Å²) in [4.78, 5) is 26.1. The number of carbonyl (C=O) groups is 2. The van der Waals surface area contributed by atoms with Crippen molar-refractivity contribution in [3.8, 4) is 0 Å². The molecule has 2 aliphatic heterocycles. The fourth-order valence-electron chi connectivity index (χ4n) is 3.00. The Bertz CT molecular complexity index is 527. The average Bonchev–Trinajstić information content (AvgIpc) is 3.02. The van der Waals surface area contributed by atoms with Crippen molar-refractivity contribution in [2.24, 2.45) is 0 Å². The van der Waals surface area contributed by atoms with E-state index in [-0.39, 0.29) is 5.91 Å². The monoisotopic (exact) mass is 268 g/mol. The van der Waals surface area contributed by atoms with E-state index in [0.29, 0.717) is 18.7 Å². The topological polar surface area (TPSA) is 51.5 Å². The Morgan fingerprint density at radius 2 is 2.39 bits per heavy atom. The summed E-state index contributed by atoms with van der Waals surface area (Å²) in [5.41, 5.74) is -1.15. The number of halogens is 1. The Morgan fingerprint density at radius 1 is 1.61 bits per heavy atom. The highest BCUT2D eigenvalue weighted by molar-refractivity contribution is 6.23. The molecule has 2 aliphatic rings. The van der Waals surface area contributed by atoms with Gasteiger partial charge >= 0.3 is 5.97 Å². The Balaban J connectivity index is 2.19. The minimum absolute atomic E-state index is 0.153. The van der Waals surface area contributed by atoms with Crippen LogP contribution in [0.25, 0.3) is 0 Å². The van der Waals surface area contributed by atoms with Crippen LogP contribution >= 0.6 is 11.6 Å². The van der Waals surface area contributed by atoms with Gasteiger partial charge in [-0.3, -0.25) is 4.79 Å². The van der Waals surface area contributed by atoms with E-state index in [9.17, 15) is 9.59 Å². The fraction of sp³-hybridized carbons (Fsp3) is 0.500. The minimum Gasteiger partial charge on any atom is -0.467 e. The van der Waals surface area contributed by atoms with Crippen LogP contribution in [0.4, 0.5) is 0 Å². The van der Waals surface area contributed by atoms with Crippen LogP contribution in [0, 0.1) is 0 Å². The zero-order chi connectivity index (χ0) is 12.9. The Labute approximate surface area is 109 Å². The molecule has 18 heavy (non-hydrogen) atoms. The van der Waals surface area contributed by atoms with Crippen LogP contribution in [0.5, 0.6) is 0 Å². The summed E-state index contributed by atoms with van der Waals surface area (Å²) in [6.45, 7) is 0.544. The summed E-state index contributed by atoms with van der Waals surface area (Å²) in [6, 6.07) is 3.48. The van der Waals surface area contributed by atoms with Crippen LogP contribution in [-0.2, 0) is 9.53 Å². The molecule has 1 amide bonds. The summed E-state index contributed by atoms with van der Waals surface area (Å²) in [6.07, 6.45) is 3.03. The minimum atomic E-state index is -1.06. The van der Waals surface area contributed by atoms with Gasteiger partial charge in [0.25, 0.3) is 5.91 Å². The molecule has 0 radical (unpaired) electrons. The first kappa shape index (κ1) is 11.6. The molecule has 5 nitrogen and oxygen atoms in total. The second-order valence-corrected chi connectivity index (χ2v) is 5.03. The first-order chi connectivity index (χ1) is 8.63. The van der Waals surface area contributed by atoms with Gasteiger partial charge in [0.05, 0.1) is 7.11 Å². The lowest BCUT2D eigenvalue weighted by atomic mass is 9.93. The van der Waals surface area contributed by atoms with Gasteiger partial charge in [0.2, 0.25) is 0 Å². The number of fused-ring (bicyclic) bond motifs is 2. The Morgan fingerprint density at radius 3 is 3.11 bits per heavy atom. The number of nitrogens with zero attached hydrogens (tertiary/aromatic N) is 2. The number of rotatable bonds is 1. The molecule has 0 spiro atoms. The molecule has 6 heteroatoms. The van der Waals surface area contributed by atoms with E-state index in [0.717, 1.165) is 6.42 Å². The second-order valence-electron chi connectivity index (χ2n) is 4.61. The zero-order valence-corrected chi connectivity index (χ0v) is 10.7. The van der Waals surface area contributed by atoms with Gasteiger partial charge < -0.3 is 14.2 Å². The van der Waals surface area contributed by atoms with Crippen molar-refractivity contribution in [1.29, 1.82) is 0 Å². The molecule has 0 bridgehead atoms. The SMILES string of the molecule is COC(=O)[C@@]12CCCN1C(=O)c1cccn1[C@@H]2Cl. The number of esters is 1. The van der Waals surface area contributed by atoms with Gasteiger partial charge in [-0.25, -0.2) is 4.79 Å². The van der Waals surface area contributed by atoms with Gasteiger partial charge in [-0.1, -0.05) is 11.6 Å². The number of hydrogen-bond donors (Lipinski definition) is 0. The molecule has 3 heterocycles. The maximum atomic E-state index is 12.4. The normalized spacial score (nSPS) is 30.0. The van der Waals surface area contributed by atoms with Crippen LogP contribution < -0.4 is 0 Å². The smallest absolute Gasteiger partial charge is 0.335 e. The van der Waals surface area contributed by atoms with Crippen LogP contribution in [0.1, 0.15) is 28.8 Å². The van der Waals surface area contributed by atoms with Crippen molar-refractivity contribution in [3.63, 3.8) is 0 Å². The average molecular weight is 269 g/mol. The first-order valence-electron chi connectivity index (χ1n) is 5.84. The van der Waals surface area contributed by atoms with Crippen molar-refractivity contribution in [2.75, 3.05) is 13.7 Å². The number of aromatic nitrogens is 1. The molecule has 1 aromatic rings. The Hall–Kier alpha value is -1.49. The van der Waals surface area contributed by atoms with Crippen molar-refractivity contribution < 1.29 is 14.3 Å².